The average molecular weight is 437 g/mol. The van der Waals surface area contributed by atoms with Crippen molar-refractivity contribution < 1.29 is 34.2 Å². The van der Waals surface area contributed by atoms with Crippen LogP contribution in [-0.2, 0) is 30.4 Å². The fraction of sp³-hybridized carbons (Fsp3) is 0.421. The molecule has 0 heterocycles. The Balaban J connectivity index is 2.62. The van der Waals surface area contributed by atoms with Crippen LogP contribution < -0.4 is 27.4 Å². The van der Waals surface area contributed by atoms with Gasteiger partial charge in [-0.15, -0.1) is 0 Å². The summed E-state index contributed by atoms with van der Waals surface area (Å²) in [6.07, 6.45) is -1.72. The van der Waals surface area contributed by atoms with Crippen molar-refractivity contribution in [3.05, 3.63) is 35.9 Å². The molecule has 0 bridgehead atoms. The molecule has 0 radical (unpaired) electrons. The Morgan fingerprint density at radius 3 is 2.16 bits per heavy atom. The molecule has 170 valence electrons. The van der Waals surface area contributed by atoms with Crippen LogP contribution >= 0.6 is 0 Å². The van der Waals surface area contributed by atoms with Crippen LogP contribution in [0.2, 0.25) is 0 Å². The number of aliphatic hydroxyl groups is 1. The number of nitrogens with one attached hydrogen (secondary N) is 3. The van der Waals surface area contributed by atoms with Gasteiger partial charge in [-0.2, -0.15) is 0 Å². The Morgan fingerprint density at radius 2 is 1.65 bits per heavy atom. The summed E-state index contributed by atoms with van der Waals surface area (Å²) in [7, 11) is 0. The highest BCUT2D eigenvalue weighted by Crippen LogP contribution is 2.03. The van der Waals surface area contributed by atoms with Crippen LogP contribution in [0.3, 0.4) is 0 Å². The highest BCUT2D eigenvalue weighted by atomic mass is 16.4. The van der Waals surface area contributed by atoms with Crippen molar-refractivity contribution in [2.75, 3.05) is 6.54 Å². The van der Waals surface area contributed by atoms with Crippen molar-refractivity contribution >= 4 is 29.6 Å². The van der Waals surface area contributed by atoms with Crippen LogP contribution in [0.25, 0.3) is 0 Å². The number of primary amides is 1. The van der Waals surface area contributed by atoms with Crippen molar-refractivity contribution in [1.29, 1.82) is 0 Å². The quantitative estimate of drug-likeness (QED) is 0.178. The summed E-state index contributed by atoms with van der Waals surface area (Å²) < 4.78 is 0. The number of benzene rings is 1. The number of carboxylic acid groups (broad SMARTS) is 1. The molecule has 1 aromatic carbocycles. The van der Waals surface area contributed by atoms with E-state index in [0.29, 0.717) is 0 Å². The number of aliphatic hydroxyl groups excluding tert-OH is 1. The van der Waals surface area contributed by atoms with E-state index in [1.54, 1.807) is 24.3 Å². The van der Waals surface area contributed by atoms with Crippen molar-refractivity contribution in [2.45, 2.75) is 44.0 Å². The zero-order valence-corrected chi connectivity index (χ0v) is 16.9. The van der Waals surface area contributed by atoms with Gasteiger partial charge in [0.2, 0.25) is 23.6 Å². The van der Waals surface area contributed by atoms with Gasteiger partial charge in [0.15, 0.2) is 0 Å². The highest BCUT2D eigenvalue weighted by Gasteiger charge is 2.28. The number of amides is 4. The van der Waals surface area contributed by atoms with Gasteiger partial charge in [0.25, 0.3) is 0 Å². The molecule has 0 aromatic heterocycles. The van der Waals surface area contributed by atoms with Gasteiger partial charge >= 0.3 is 5.97 Å². The number of hydrogen-bond acceptors (Lipinski definition) is 7. The number of carboxylic acids is 1. The summed E-state index contributed by atoms with van der Waals surface area (Å²) >= 11 is 0. The molecule has 9 N–H and O–H groups in total. The minimum atomic E-state index is -1.55. The molecule has 4 amide bonds. The lowest BCUT2D eigenvalue weighted by atomic mass is 10.0. The summed E-state index contributed by atoms with van der Waals surface area (Å²) in [5.41, 5.74) is 11.6. The van der Waals surface area contributed by atoms with Gasteiger partial charge in [0.05, 0.1) is 25.1 Å². The van der Waals surface area contributed by atoms with Crippen molar-refractivity contribution in [2.24, 2.45) is 11.5 Å². The van der Waals surface area contributed by atoms with Crippen molar-refractivity contribution in [1.82, 2.24) is 16.0 Å². The summed E-state index contributed by atoms with van der Waals surface area (Å²) in [4.78, 5) is 58.4. The lowest BCUT2D eigenvalue weighted by molar-refractivity contribution is -0.143. The second-order valence-corrected chi connectivity index (χ2v) is 6.87. The maximum absolute atomic E-state index is 12.3. The molecule has 4 atom stereocenters. The SMILES string of the molecule is C[C@@H](O)[C@H](NC(=O)[C@@H](N)Cc1ccccc1)C(=O)NCC(=O)N[C@@H](CC(N)=O)C(=O)O. The number of carbonyl (C=O) groups is 5. The molecular formula is C19H27N5O7. The van der Waals surface area contributed by atoms with Crippen LogP contribution in [0.4, 0.5) is 0 Å². The van der Waals surface area contributed by atoms with Gasteiger partial charge in [-0.3, -0.25) is 19.2 Å². The molecule has 1 rings (SSSR count). The molecule has 1 aromatic rings. The number of carbonyl (C=O) groups excluding carboxylic acids is 4. The first-order valence-electron chi connectivity index (χ1n) is 9.37. The molecule has 0 saturated heterocycles. The van der Waals surface area contributed by atoms with E-state index in [-0.39, 0.29) is 6.42 Å². The van der Waals surface area contributed by atoms with Gasteiger partial charge in [-0.25, -0.2) is 4.79 Å². The fourth-order valence-electron chi connectivity index (χ4n) is 2.55. The smallest absolute Gasteiger partial charge is 0.326 e. The fourth-order valence-corrected chi connectivity index (χ4v) is 2.55. The summed E-state index contributed by atoms with van der Waals surface area (Å²) in [6.45, 7) is 0.608. The van der Waals surface area contributed by atoms with Crippen molar-refractivity contribution in [3.63, 3.8) is 0 Å². The van der Waals surface area contributed by atoms with Gasteiger partial charge < -0.3 is 37.6 Å². The summed E-state index contributed by atoms with van der Waals surface area (Å²) in [6, 6.07) is 5.02. The molecule has 0 spiro atoms. The predicted molar refractivity (Wildman–Crippen MR) is 108 cm³/mol. The zero-order chi connectivity index (χ0) is 23.6. The van der Waals surface area contributed by atoms with E-state index in [0.717, 1.165) is 5.56 Å². The maximum atomic E-state index is 12.3. The minimum Gasteiger partial charge on any atom is -0.480 e. The Labute approximate surface area is 178 Å². The molecule has 0 saturated carbocycles. The van der Waals surface area contributed by atoms with Crippen LogP contribution in [0.15, 0.2) is 30.3 Å². The van der Waals surface area contributed by atoms with E-state index >= 15 is 0 Å². The number of hydrogen-bond donors (Lipinski definition) is 7. The average Bonchev–Trinajstić information content (AvgIpc) is 2.69. The first kappa shape index (κ1) is 25.5. The van der Waals surface area contributed by atoms with E-state index in [1.807, 2.05) is 11.4 Å². The lowest BCUT2D eigenvalue weighted by Gasteiger charge is -2.23. The van der Waals surface area contributed by atoms with Crippen LogP contribution in [0, 0.1) is 0 Å². The van der Waals surface area contributed by atoms with Crippen LogP contribution in [0.5, 0.6) is 0 Å². The molecule has 31 heavy (non-hydrogen) atoms. The molecular weight excluding hydrogens is 410 g/mol. The van der Waals surface area contributed by atoms with E-state index in [9.17, 15) is 29.1 Å². The number of nitrogens with two attached hydrogens (primary N) is 2. The molecule has 0 aliphatic heterocycles. The number of aliphatic carboxylic acids is 1. The first-order chi connectivity index (χ1) is 14.5. The third-order valence-corrected chi connectivity index (χ3v) is 4.16. The molecule has 0 fully saturated rings. The molecule has 12 nitrogen and oxygen atoms in total. The third kappa shape index (κ3) is 9.23. The number of rotatable bonds is 12. The largest absolute Gasteiger partial charge is 0.480 e. The zero-order valence-electron chi connectivity index (χ0n) is 16.9. The lowest BCUT2D eigenvalue weighted by Crippen LogP contribution is -2.57. The van der Waals surface area contributed by atoms with E-state index in [2.05, 4.69) is 10.6 Å². The van der Waals surface area contributed by atoms with Crippen LogP contribution in [0.1, 0.15) is 18.9 Å². The Hall–Kier alpha value is -3.51. The standard InChI is InChI=1S/C19H27N5O7/c1-10(25)16(24-17(28)12(20)7-11-5-3-2-4-6-11)18(29)22-9-15(27)23-13(19(30)31)8-14(21)26/h2-6,10,12-13,16,25H,7-9,20H2,1H3,(H2,21,26)(H,22,29)(H,23,27)(H,24,28)(H,30,31)/t10-,12+,13+,16+/m1/s1. The van der Waals surface area contributed by atoms with Crippen molar-refractivity contribution in [3.8, 4) is 0 Å². The van der Waals surface area contributed by atoms with Gasteiger partial charge in [0.1, 0.15) is 12.1 Å². The Bertz CT molecular complexity index is 800. The third-order valence-electron chi connectivity index (χ3n) is 4.16. The first-order valence-corrected chi connectivity index (χ1v) is 9.37. The van der Waals surface area contributed by atoms with Gasteiger partial charge in [0, 0.05) is 0 Å². The van der Waals surface area contributed by atoms with E-state index < -0.39 is 66.8 Å². The van der Waals surface area contributed by atoms with E-state index in [4.69, 9.17) is 16.6 Å². The van der Waals surface area contributed by atoms with Crippen LogP contribution in [-0.4, -0.2) is 70.6 Å². The molecule has 12 heteroatoms. The normalized spacial score (nSPS) is 14.4. The van der Waals surface area contributed by atoms with Gasteiger partial charge in [-0.05, 0) is 18.9 Å². The minimum absolute atomic E-state index is 0.208. The monoisotopic (exact) mass is 437 g/mol. The molecule has 0 unspecified atom stereocenters. The second kappa shape index (κ2) is 12.2. The predicted octanol–water partition coefficient (Wildman–Crippen LogP) is -3.02. The highest BCUT2D eigenvalue weighted by molar-refractivity contribution is 5.93. The van der Waals surface area contributed by atoms with E-state index in [1.165, 1.54) is 6.92 Å². The summed E-state index contributed by atoms with van der Waals surface area (Å²) in [5, 5.41) is 25.3. The Morgan fingerprint density at radius 1 is 1.03 bits per heavy atom. The molecule has 0 aliphatic carbocycles. The second-order valence-electron chi connectivity index (χ2n) is 6.87. The van der Waals surface area contributed by atoms with Gasteiger partial charge in [-0.1, -0.05) is 30.3 Å². The molecule has 0 aliphatic rings. The topological polar surface area (TPSA) is 214 Å². The summed E-state index contributed by atoms with van der Waals surface area (Å²) in [5.74, 6) is -4.87. The maximum Gasteiger partial charge on any atom is 0.326 e. The Kier molecular flexibility index (Phi) is 10.1.